The Bertz CT molecular complexity index is 204. The zero-order valence-electron chi connectivity index (χ0n) is 10.1. The highest BCUT2D eigenvalue weighted by Crippen LogP contribution is 2.08. The Morgan fingerprint density at radius 3 is 2.06 bits per heavy atom. The van der Waals surface area contributed by atoms with Crippen LogP contribution in [0.15, 0.2) is 0 Å². The third-order valence-electron chi connectivity index (χ3n) is 3.01. The van der Waals surface area contributed by atoms with Crippen LogP contribution in [0.2, 0.25) is 0 Å². The lowest BCUT2D eigenvalue weighted by molar-refractivity contribution is -0.127. The van der Waals surface area contributed by atoms with E-state index in [1.807, 2.05) is 0 Å². The summed E-state index contributed by atoms with van der Waals surface area (Å²) in [4.78, 5) is 22.8. The lowest BCUT2D eigenvalue weighted by Gasteiger charge is -2.06. The highest BCUT2D eigenvalue weighted by Gasteiger charge is 2.09. The zero-order valence-corrected chi connectivity index (χ0v) is 10.1. The van der Waals surface area contributed by atoms with E-state index in [9.17, 15) is 9.59 Å². The minimum atomic E-state index is 0.115. The fourth-order valence-corrected chi connectivity index (χ4v) is 2.03. The fourth-order valence-electron chi connectivity index (χ4n) is 2.03. The molecule has 0 aromatic heterocycles. The van der Waals surface area contributed by atoms with Crippen molar-refractivity contribution in [2.75, 3.05) is 13.1 Å². The monoisotopic (exact) mass is 225 g/mol. The van der Waals surface area contributed by atoms with Crippen LogP contribution < -0.4 is 5.32 Å². The SMILES string of the molecule is O=C1CCCCCCCNCCCC(=O)C1. The lowest BCUT2D eigenvalue weighted by atomic mass is 10.0. The van der Waals surface area contributed by atoms with E-state index in [0.29, 0.717) is 12.8 Å². The third-order valence-corrected chi connectivity index (χ3v) is 3.01. The van der Waals surface area contributed by atoms with Crippen LogP contribution in [0.5, 0.6) is 0 Å². The van der Waals surface area contributed by atoms with E-state index < -0.39 is 0 Å². The van der Waals surface area contributed by atoms with Crippen molar-refractivity contribution in [3.63, 3.8) is 0 Å². The van der Waals surface area contributed by atoms with Gasteiger partial charge in [-0.2, -0.15) is 0 Å². The first kappa shape index (κ1) is 13.4. The molecule has 1 fully saturated rings. The molecule has 0 saturated carbocycles. The highest BCUT2D eigenvalue weighted by molar-refractivity contribution is 5.98. The maximum atomic E-state index is 11.4. The van der Waals surface area contributed by atoms with Crippen molar-refractivity contribution >= 4 is 11.6 Å². The smallest absolute Gasteiger partial charge is 0.140 e. The third kappa shape index (κ3) is 6.72. The summed E-state index contributed by atoms with van der Waals surface area (Å²) in [5, 5.41) is 3.33. The van der Waals surface area contributed by atoms with Crippen molar-refractivity contribution < 1.29 is 9.59 Å². The molecule has 1 heterocycles. The maximum Gasteiger partial charge on any atom is 0.140 e. The van der Waals surface area contributed by atoms with Crippen molar-refractivity contribution in [1.29, 1.82) is 0 Å². The van der Waals surface area contributed by atoms with Gasteiger partial charge in [-0.15, -0.1) is 0 Å². The van der Waals surface area contributed by atoms with E-state index in [0.717, 1.165) is 32.4 Å². The molecule has 3 heteroatoms. The van der Waals surface area contributed by atoms with Gasteiger partial charge in [0.05, 0.1) is 6.42 Å². The number of Topliss-reactive ketones (excluding diaryl/α,β-unsaturated/α-hetero) is 2. The van der Waals surface area contributed by atoms with Crippen LogP contribution in [0, 0.1) is 0 Å². The van der Waals surface area contributed by atoms with Gasteiger partial charge in [0.1, 0.15) is 11.6 Å². The zero-order chi connectivity index (χ0) is 11.6. The molecule has 0 unspecified atom stereocenters. The first-order valence-electron chi connectivity index (χ1n) is 6.53. The predicted molar refractivity (Wildman–Crippen MR) is 64.4 cm³/mol. The van der Waals surface area contributed by atoms with Crippen molar-refractivity contribution in [1.82, 2.24) is 5.32 Å². The molecule has 16 heavy (non-hydrogen) atoms. The topological polar surface area (TPSA) is 46.2 Å². The summed E-state index contributed by atoms with van der Waals surface area (Å²) in [6, 6.07) is 0. The standard InChI is InChI=1S/C13H23NO2/c15-12-7-4-2-1-3-5-9-14-10-6-8-13(16)11-12/h14H,1-11H2. The van der Waals surface area contributed by atoms with Crippen molar-refractivity contribution in [2.45, 2.75) is 57.8 Å². The Morgan fingerprint density at radius 2 is 1.25 bits per heavy atom. The maximum absolute atomic E-state index is 11.4. The Morgan fingerprint density at radius 1 is 0.688 bits per heavy atom. The van der Waals surface area contributed by atoms with Gasteiger partial charge >= 0.3 is 0 Å². The largest absolute Gasteiger partial charge is 0.317 e. The molecule has 0 aliphatic carbocycles. The van der Waals surface area contributed by atoms with E-state index in [-0.39, 0.29) is 18.0 Å². The Kier molecular flexibility index (Phi) is 7.06. The molecule has 1 aliphatic heterocycles. The van der Waals surface area contributed by atoms with Crippen LogP contribution in [-0.2, 0) is 9.59 Å². The summed E-state index contributed by atoms with van der Waals surface area (Å²) in [6.45, 7) is 1.97. The van der Waals surface area contributed by atoms with E-state index in [1.54, 1.807) is 0 Å². The molecule has 0 aromatic carbocycles. The molecule has 3 nitrogen and oxygen atoms in total. The number of hydrogen-bond donors (Lipinski definition) is 1. The Hall–Kier alpha value is -0.700. The number of hydrogen-bond acceptors (Lipinski definition) is 3. The van der Waals surface area contributed by atoms with Gasteiger partial charge in [0.15, 0.2) is 0 Å². The van der Waals surface area contributed by atoms with Crippen LogP contribution in [0.4, 0.5) is 0 Å². The van der Waals surface area contributed by atoms with Crippen LogP contribution >= 0.6 is 0 Å². The molecule has 1 saturated heterocycles. The first-order chi connectivity index (χ1) is 7.79. The van der Waals surface area contributed by atoms with Crippen LogP contribution in [0.3, 0.4) is 0 Å². The Labute approximate surface area is 98.0 Å². The molecule has 0 bridgehead atoms. The fraction of sp³-hybridized carbons (Fsp3) is 0.846. The van der Waals surface area contributed by atoms with Crippen molar-refractivity contribution in [3.05, 3.63) is 0 Å². The molecule has 0 spiro atoms. The molecule has 0 atom stereocenters. The number of nitrogens with one attached hydrogen (secondary N) is 1. The van der Waals surface area contributed by atoms with E-state index in [1.165, 1.54) is 19.3 Å². The second-order valence-electron chi connectivity index (χ2n) is 4.63. The van der Waals surface area contributed by atoms with Gasteiger partial charge in [-0.25, -0.2) is 0 Å². The van der Waals surface area contributed by atoms with Crippen molar-refractivity contribution in [3.8, 4) is 0 Å². The number of carbonyl (C=O) groups is 2. The van der Waals surface area contributed by atoms with Gasteiger partial charge in [-0.1, -0.05) is 19.3 Å². The van der Waals surface area contributed by atoms with E-state index >= 15 is 0 Å². The molecule has 1 aliphatic rings. The van der Waals surface area contributed by atoms with Gasteiger partial charge < -0.3 is 5.32 Å². The molecule has 1 N–H and O–H groups in total. The minimum absolute atomic E-state index is 0.115. The molecular formula is C13H23NO2. The van der Waals surface area contributed by atoms with E-state index in [4.69, 9.17) is 0 Å². The molecule has 0 radical (unpaired) electrons. The molecule has 0 aromatic rings. The summed E-state index contributed by atoms with van der Waals surface area (Å²) in [7, 11) is 0. The summed E-state index contributed by atoms with van der Waals surface area (Å²) in [5.41, 5.74) is 0. The molecule has 1 rings (SSSR count). The van der Waals surface area contributed by atoms with Gasteiger partial charge in [-0.3, -0.25) is 9.59 Å². The van der Waals surface area contributed by atoms with Crippen LogP contribution in [-0.4, -0.2) is 24.7 Å². The average molecular weight is 225 g/mol. The number of ketones is 2. The van der Waals surface area contributed by atoms with Gasteiger partial charge in [0.2, 0.25) is 0 Å². The highest BCUT2D eigenvalue weighted by atomic mass is 16.1. The Balaban J connectivity index is 2.26. The van der Waals surface area contributed by atoms with Crippen LogP contribution in [0.1, 0.15) is 57.8 Å². The second kappa shape index (κ2) is 8.45. The molecule has 0 amide bonds. The quantitative estimate of drug-likeness (QED) is 0.643. The predicted octanol–water partition coefficient (Wildman–Crippen LogP) is 2.24. The average Bonchev–Trinajstić information content (AvgIpc) is 2.25. The normalized spacial score (nSPS) is 22.8. The number of carbonyl (C=O) groups excluding carboxylic acids is 2. The second-order valence-corrected chi connectivity index (χ2v) is 4.63. The first-order valence-corrected chi connectivity index (χ1v) is 6.53. The lowest BCUT2D eigenvalue weighted by Crippen LogP contribution is -2.18. The van der Waals surface area contributed by atoms with Gasteiger partial charge in [-0.05, 0) is 32.4 Å². The van der Waals surface area contributed by atoms with E-state index in [2.05, 4.69) is 5.32 Å². The summed E-state index contributed by atoms with van der Waals surface area (Å²) >= 11 is 0. The number of rotatable bonds is 0. The minimum Gasteiger partial charge on any atom is -0.317 e. The van der Waals surface area contributed by atoms with Gasteiger partial charge in [0.25, 0.3) is 0 Å². The molecular weight excluding hydrogens is 202 g/mol. The van der Waals surface area contributed by atoms with Gasteiger partial charge in [0, 0.05) is 12.8 Å². The van der Waals surface area contributed by atoms with Crippen molar-refractivity contribution in [2.24, 2.45) is 0 Å². The summed E-state index contributed by atoms with van der Waals surface area (Å²) in [6.07, 6.45) is 7.94. The summed E-state index contributed by atoms with van der Waals surface area (Å²) < 4.78 is 0. The molecule has 92 valence electrons. The van der Waals surface area contributed by atoms with Crippen LogP contribution in [0.25, 0.3) is 0 Å². The summed E-state index contributed by atoms with van der Waals surface area (Å²) in [5.74, 6) is 0.249.